The number of carbonyl (C=O) groups excluding carboxylic acids is 1. The molecule has 3 N–H and O–H groups in total. The number of hydrogen-bond donors (Lipinski definition) is 2. The van der Waals surface area contributed by atoms with E-state index in [9.17, 15) is 13.2 Å². The van der Waals surface area contributed by atoms with E-state index in [1.165, 1.54) is 0 Å². The summed E-state index contributed by atoms with van der Waals surface area (Å²) in [6.07, 6.45) is 1.13. The third kappa shape index (κ3) is 4.15. The van der Waals surface area contributed by atoms with E-state index in [2.05, 4.69) is 5.32 Å². The second kappa shape index (κ2) is 4.91. The molecule has 0 radical (unpaired) electrons. The average Bonchev–Trinajstić information content (AvgIpc) is 2.48. The minimum absolute atomic E-state index is 0.0540. The number of nitrogens with one attached hydrogen (secondary N) is 1. The lowest BCUT2D eigenvalue weighted by molar-refractivity contribution is -0.125. The average molecular weight is 236 g/mol. The van der Waals surface area contributed by atoms with Crippen molar-refractivity contribution in [3.63, 3.8) is 0 Å². The molecular weight excluding hydrogens is 220 g/mol. The fourth-order valence-corrected chi connectivity index (χ4v) is 1.80. The van der Waals surface area contributed by atoms with Crippen molar-refractivity contribution in [2.24, 2.45) is 11.7 Å². The topological polar surface area (TPSA) is 98.5 Å². The van der Waals surface area contributed by atoms with E-state index >= 15 is 0 Å². The molecule has 0 saturated carbocycles. The van der Waals surface area contributed by atoms with Crippen molar-refractivity contribution >= 4 is 15.7 Å². The SMILES string of the molecule is CS(=O)(=O)CCNC(=O)C1COCC1N. The van der Waals surface area contributed by atoms with Crippen LogP contribution in [0.4, 0.5) is 0 Å². The normalized spacial score (nSPS) is 26.5. The highest BCUT2D eigenvalue weighted by molar-refractivity contribution is 7.90. The van der Waals surface area contributed by atoms with Crippen LogP contribution in [0.1, 0.15) is 0 Å². The number of amides is 1. The molecule has 0 aromatic carbocycles. The highest BCUT2D eigenvalue weighted by Crippen LogP contribution is 2.11. The first-order valence-electron chi connectivity index (χ1n) is 4.69. The van der Waals surface area contributed by atoms with Gasteiger partial charge in [0, 0.05) is 18.8 Å². The van der Waals surface area contributed by atoms with Crippen LogP contribution in [0.15, 0.2) is 0 Å². The molecule has 7 heteroatoms. The zero-order valence-electron chi connectivity index (χ0n) is 8.60. The largest absolute Gasteiger partial charge is 0.379 e. The fourth-order valence-electron chi connectivity index (χ4n) is 1.33. The molecule has 2 atom stereocenters. The molecule has 1 heterocycles. The molecule has 1 amide bonds. The lowest BCUT2D eigenvalue weighted by atomic mass is 10.0. The predicted octanol–water partition coefficient (Wildman–Crippen LogP) is -1.88. The van der Waals surface area contributed by atoms with Crippen LogP contribution >= 0.6 is 0 Å². The lowest BCUT2D eigenvalue weighted by Crippen LogP contribution is -2.42. The number of ether oxygens (including phenoxy) is 1. The zero-order chi connectivity index (χ0) is 11.5. The molecule has 0 aromatic heterocycles. The van der Waals surface area contributed by atoms with Crippen LogP contribution in [0, 0.1) is 5.92 Å². The Morgan fingerprint density at radius 2 is 2.20 bits per heavy atom. The summed E-state index contributed by atoms with van der Waals surface area (Å²) in [4.78, 5) is 11.5. The molecule has 0 aromatic rings. The molecule has 15 heavy (non-hydrogen) atoms. The van der Waals surface area contributed by atoms with Gasteiger partial charge in [-0.05, 0) is 0 Å². The summed E-state index contributed by atoms with van der Waals surface area (Å²) >= 11 is 0. The molecule has 0 spiro atoms. The molecule has 1 aliphatic heterocycles. The van der Waals surface area contributed by atoms with Crippen molar-refractivity contribution in [2.75, 3.05) is 31.8 Å². The van der Waals surface area contributed by atoms with Crippen LogP contribution in [0.25, 0.3) is 0 Å². The van der Waals surface area contributed by atoms with E-state index in [-0.39, 0.29) is 30.2 Å². The van der Waals surface area contributed by atoms with Crippen LogP contribution in [0.5, 0.6) is 0 Å². The molecular formula is C8H16N2O4S. The van der Waals surface area contributed by atoms with Gasteiger partial charge in [-0.15, -0.1) is 0 Å². The van der Waals surface area contributed by atoms with Crippen molar-refractivity contribution < 1.29 is 17.9 Å². The van der Waals surface area contributed by atoms with Gasteiger partial charge in [-0.25, -0.2) is 8.42 Å². The first kappa shape index (κ1) is 12.4. The molecule has 1 aliphatic rings. The molecule has 1 rings (SSSR count). The van der Waals surface area contributed by atoms with E-state index in [0.29, 0.717) is 13.2 Å². The van der Waals surface area contributed by atoms with Gasteiger partial charge in [0.05, 0.1) is 24.9 Å². The van der Waals surface area contributed by atoms with Gasteiger partial charge in [0.25, 0.3) is 0 Å². The van der Waals surface area contributed by atoms with Crippen molar-refractivity contribution in [1.29, 1.82) is 0 Å². The Kier molecular flexibility index (Phi) is 4.06. The third-order valence-corrected chi connectivity index (χ3v) is 3.18. The summed E-state index contributed by atoms with van der Waals surface area (Å²) in [5.41, 5.74) is 5.63. The van der Waals surface area contributed by atoms with Crippen LogP contribution in [0.3, 0.4) is 0 Å². The Hall–Kier alpha value is -0.660. The summed E-state index contributed by atoms with van der Waals surface area (Å²) in [5.74, 6) is -0.644. The van der Waals surface area contributed by atoms with Gasteiger partial charge in [-0.2, -0.15) is 0 Å². The summed E-state index contributed by atoms with van der Waals surface area (Å²) in [5, 5.41) is 2.53. The molecule has 1 saturated heterocycles. The molecule has 88 valence electrons. The minimum atomic E-state index is -3.03. The molecule has 2 unspecified atom stereocenters. The molecule has 0 aliphatic carbocycles. The van der Waals surface area contributed by atoms with Crippen LogP contribution in [-0.2, 0) is 19.4 Å². The van der Waals surface area contributed by atoms with Gasteiger partial charge in [-0.1, -0.05) is 0 Å². The first-order chi connectivity index (χ1) is 6.90. The Morgan fingerprint density at radius 1 is 1.53 bits per heavy atom. The van der Waals surface area contributed by atoms with Gasteiger partial charge in [0.15, 0.2) is 0 Å². The maximum Gasteiger partial charge on any atom is 0.227 e. The maximum absolute atomic E-state index is 11.5. The van der Waals surface area contributed by atoms with Crippen molar-refractivity contribution in [1.82, 2.24) is 5.32 Å². The fraction of sp³-hybridized carbons (Fsp3) is 0.875. The third-order valence-electron chi connectivity index (χ3n) is 2.23. The highest BCUT2D eigenvalue weighted by Gasteiger charge is 2.30. The molecule has 6 nitrogen and oxygen atoms in total. The Labute approximate surface area is 89.1 Å². The van der Waals surface area contributed by atoms with Gasteiger partial charge in [0.2, 0.25) is 5.91 Å². The minimum Gasteiger partial charge on any atom is -0.379 e. The van der Waals surface area contributed by atoms with E-state index < -0.39 is 9.84 Å². The van der Waals surface area contributed by atoms with E-state index in [4.69, 9.17) is 10.5 Å². The van der Waals surface area contributed by atoms with E-state index in [0.717, 1.165) is 6.26 Å². The smallest absolute Gasteiger partial charge is 0.227 e. The van der Waals surface area contributed by atoms with Crippen LogP contribution < -0.4 is 11.1 Å². The number of hydrogen-bond acceptors (Lipinski definition) is 5. The lowest BCUT2D eigenvalue weighted by Gasteiger charge is -2.12. The molecule has 0 bridgehead atoms. The molecule has 1 fully saturated rings. The van der Waals surface area contributed by atoms with Gasteiger partial charge < -0.3 is 15.8 Å². The number of carbonyl (C=O) groups is 1. The zero-order valence-corrected chi connectivity index (χ0v) is 9.42. The highest BCUT2D eigenvalue weighted by atomic mass is 32.2. The summed E-state index contributed by atoms with van der Waals surface area (Å²) in [6, 6.07) is -0.289. The van der Waals surface area contributed by atoms with Gasteiger partial charge in [0.1, 0.15) is 9.84 Å². The first-order valence-corrected chi connectivity index (χ1v) is 6.75. The second-order valence-electron chi connectivity index (χ2n) is 3.73. The van der Waals surface area contributed by atoms with Gasteiger partial charge >= 0.3 is 0 Å². The number of nitrogens with two attached hydrogens (primary N) is 1. The summed E-state index contributed by atoms with van der Waals surface area (Å²) < 4.78 is 26.6. The van der Waals surface area contributed by atoms with Crippen molar-refractivity contribution in [2.45, 2.75) is 6.04 Å². The predicted molar refractivity (Wildman–Crippen MR) is 55.0 cm³/mol. The van der Waals surface area contributed by atoms with Crippen LogP contribution in [0.2, 0.25) is 0 Å². The number of sulfone groups is 1. The van der Waals surface area contributed by atoms with Crippen molar-refractivity contribution in [3.8, 4) is 0 Å². The Morgan fingerprint density at radius 3 is 2.67 bits per heavy atom. The van der Waals surface area contributed by atoms with Crippen LogP contribution in [-0.4, -0.2) is 52.1 Å². The second-order valence-corrected chi connectivity index (χ2v) is 5.99. The summed E-state index contributed by atoms with van der Waals surface area (Å²) in [7, 11) is -3.03. The summed E-state index contributed by atoms with van der Waals surface area (Å²) in [6.45, 7) is 0.816. The Bertz CT molecular complexity index is 328. The van der Waals surface area contributed by atoms with E-state index in [1.807, 2.05) is 0 Å². The quantitative estimate of drug-likeness (QED) is 0.595. The maximum atomic E-state index is 11.5. The monoisotopic (exact) mass is 236 g/mol. The Balaban J connectivity index is 2.30. The standard InChI is InChI=1S/C8H16N2O4S/c1-15(12,13)3-2-10-8(11)6-4-14-5-7(6)9/h6-7H,2-5,9H2,1H3,(H,10,11). The van der Waals surface area contributed by atoms with Gasteiger partial charge in [-0.3, -0.25) is 4.79 Å². The number of rotatable bonds is 4. The van der Waals surface area contributed by atoms with Crippen molar-refractivity contribution in [3.05, 3.63) is 0 Å². The van der Waals surface area contributed by atoms with E-state index in [1.54, 1.807) is 0 Å².